The number of aryl methyl sites for hydroxylation is 1. The molecule has 0 radical (unpaired) electrons. The van der Waals surface area contributed by atoms with Crippen molar-refractivity contribution in [3.63, 3.8) is 0 Å². The maximum atomic E-state index is 11.1. The Hall–Kier alpha value is -4.00. The molecule has 4 aromatic rings. The summed E-state index contributed by atoms with van der Waals surface area (Å²) in [7, 11) is 1.67. The van der Waals surface area contributed by atoms with Crippen molar-refractivity contribution in [1.29, 1.82) is 0 Å². The molecule has 0 amide bonds. The molecule has 1 aliphatic heterocycles. The van der Waals surface area contributed by atoms with E-state index in [-0.39, 0.29) is 12.3 Å². The quantitative estimate of drug-likeness (QED) is 0.396. The number of carboxylic acid groups (broad SMARTS) is 1. The third kappa shape index (κ3) is 3.94. The lowest BCUT2D eigenvalue weighted by atomic mass is 9.98. The number of ether oxygens (including phenoxy) is 2. The number of nitrogens with zero attached hydrogens (tertiary/aromatic N) is 2. The number of hydrogen-bond acceptors (Lipinski definition) is 5. The van der Waals surface area contributed by atoms with Crippen LogP contribution in [0.2, 0.25) is 0 Å². The Kier molecular flexibility index (Phi) is 5.61. The molecular formula is C27H27N3O4. The normalized spacial score (nSPS) is 14.6. The highest BCUT2D eigenvalue weighted by atomic mass is 16.5. The van der Waals surface area contributed by atoms with Gasteiger partial charge in [0.25, 0.3) is 0 Å². The van der Waals surface area contributed by atoms with E-state index in [1.807, 2.05) is 43.3 Å². The first-order valence-corrected chi connectivity index (χ1v) is 11.3. The molecule has 1 aliphatic rings. The summed E-state index contributed by atoms with van der Waals surface area (Å²) < 4.78 is 13.3. The van der Waals surface area contributed by atoms with Crippen molar-refractivity contribution in [1.82, 2.24) is 9.55 Å². The van der Waals surface area contributed by atoms with Gasteiger partial charge in [0, 0.05) is 35.8 Å². The summed E-state index contributed by atoms with van der Waals surface area (Å²) in [5.41, 5.74) is 7.27. The van der Waals surface area contributed by atoms with E-state index in [1.165, 1.54) is 11.1 Å². The number of carbonyl (C=O) groups is 1. The number of hydrogen-bond donors (Lipinski definition) is 2. The third-order valence-electron chi connectivity index (χ3n) is 6.49. The van der Waals surface area contributed by atoms with Crippen LogP contribution in [-0.2, 0) is 11.3 Å². The Labute approximate surface area is 198 Å². The Morgan fingerprint density at radius 3 is 2.85 bits per heavy atom. The fraction of sp³-hybridized carbons (Fsp3) is 0.259. The van der Waals surface area contributed by atoms with E-state index in [0.29, 0.717) is 13.2 Å². The average molecular weight is 458 g/mol. The lowest BCUT2D eigenvalue weighted by Crippen LogP contribution is -2.07. The zero-order valence-electron chi connectivity index (χ0n) is 19.5. The number of aliphatic carboxylic acids is 1. The van der Waals surface area contributed by atoms with Gasteiger partial charge in [0.1, 0.15) is 17.3 Å². The molecule has 1 aromatic heterocycles. The van der Waals surface area contributed by atoms with Crippen molar-refractivity contribution in [2.45, 2.75) is 32.7 Å². The minimum atomic E-state index is -0.807. The number of aromatic nitrogens is 2. The lowest BCUT2D eigenvalue weighted by molar-refractivity contribution is -0.137. The largest absolute Gasteiger partial charge is 0.497 e. The molecule has 5 rings (SSSR count). The number of imidazole rings is 1. The number of benzene rings is 3. The van der Waals surface area contributed by atoms with Crippen molar-refractivity contribution in [3.05, 3.63) is 77.1 Å². The van der Waals surface area contributed by atoms with Gasteiger partial charge in [0.2, 0.25) is 0 Å². The molecule has 34 heavy (non-hydrogen) atoms. The van der Waals surface area contributed by atoms with Gasteiger partial charge in [-0.1, -0.05) is 18.2 Å². The molecule has 7 heteroatoms. The van der Waals surface area contributed by atoms with Gasteiger partial charge in [-0.2, -0.15) is 0 Å². The van der Waals surface area contributed by atoms with Crippen molar-refractivity contribution in [3.8, 4) is 17.2 Å². The molecule has 0 aliphatic carbocycles. The molecule has 174 valence electrons. The van der Waals surface area contributed by atoms with E-state index in [1.54, 1.807) is 7.11 Å². The van der Waals surface area contributed by atoms with Crippen LogP contribution in [0.15, 0.2) is 54.6 Å². The number of carboxylic acids is 1. The van der Waals surface area contributed by atoms with Crippen LogP contribution in [0.5, 0.6) is 11.5 Å². The fourth-order valence-electron chi connectivity index (χ4n) is 4.67. The van der Waals surface area contributed by atoms with Gasteiger partial charge in [-0.05, 0) is 49.2 Å². The minimum Gasteiger partial charge on any atom is -0.497 e. The first kappa shape index (κ1) is 21.8. The third-order valence-corrected chi connectivity index (χ3v) is 6.49. The zero-order chi connectivity index (χ0) is 23.8. The van der Waals surface area contributed by atoms with Crippen molar-refractivity contribution in [2.24, 2.45) is 0 Å². The summed E-state index contributed by atoms with van der Waals surface area (Å²) in [5.74, 6) is 1.58. The maximum Gasteiger partial charge on any atom is 0.304 e. The second kappa shape index (κ2) is 8.74. The average Bonchev–Trinajstić information content (AvgIpc) is 3.37. The van der Waals surface area contributed by atoms with Gasteiger partial charge >= 0.3 is 5.97 Å². The molecular weight excluding hydrogens is 430 g/mol. The van der Waals surface area contributed by atoms with E-state index in [0.717, 1.165) is 45.3 Å². The topological polar surface area (TPSA) is 85.6 Å². The van der Waals surface area contributed by atoms with Crippen LogP contribution in [0.3, 0.4) is 0 Å². The van der Waals surface area contributed by atoms with E-state index in [4.69, 9.17) is 19.6 Å². The van der Waals surface area contributed by atoms with E-state index in [2.05, 4.69) is 35.0 Å². The van der Waals surface area contributed by atoms with Gasteiger partial charge in [-0.15, -0.1) is 0 Å². The number of methoxy groups -OCH3 is 1. The van der Waals surface area contributed by atoms with Gasteiger partial charge in [0.05, 0.1) is 36.9 Å². The van der Waals surface area contributed by atoms with Crippen molar-refractivity contribution in [2.75, 3.05) is 19.0 Å². The van der Waals surface area contributed by atoms with E-state index in [9.17, 15) is 4.79 Å². The highest BCUT2D eigenvalue weighted by molar-refractivity contribution is 5.80. The standard InChI is InChI=1S/C27H27N3O4/c1-16-18(14-28-20-7-9-22-19(11-27(31)32)15-34-26(22)12-20)5-4-6-24(16)30-17(2)29-23-10-8-21(33-3)13-25(23)30/h4-10,12-13,19,28H,11,14-15H2,1-3H3,(H,31,32). The van der Waals surface area contributed by atoms with Gasteiger partial charge in [-0.3, -0.25) is 9.36 Å². The molecule has 0 bridgehead atoms. The number of nitrogens with one attached hydrogen (secondary N) is 1. The van der Waals surface area contributed by atoms with E-state index < -0.39 is 5.97 Å². The second-order valence-corrected chi connectivity index (χ2v) is 8.62. The Bertz CT molecular complexity index is 1390. The van der Waals surface area contributed by atoms with Crippen LogP contribution in [0.1, 0.15) is 34.9 Å². The van der Waals surface area contributed by atoms with Crippen LogP contribution < -0.4 is 14.8 Å². The summed E-state index contributed by atoms with van der Waals surface area (Å²) in [6.45, 7) is 5.19. The van der Waals surface area contributed by atoms with E-state index >= 15 is 0 Å². The molecule has 1 atom stereocenters. The summed E-state index contributed by atoms with van der Waals surface area (Å²) >= 11 is 0. The zero-order valence-corrected chi connectivity index (χ0v) is 19.5. The predicted octanol–water partition coefficient (Wildman–Crippen LogP) is 5.21. The predicted molar refractivity (Wildman–Crippen MR) is 131 cm³/mol. The Morgan fingerprint density at radius 2 is 2.06 bits per heavy atom. The Morgan fingerprint density at radius 1 is 1.21 bits per heavy atom. The second-order valence-electron chi connectivity index (χ2n) is 8.62. The molecule has 0 spiro atoms. The summed E-state index contributed by atoms with van der Waals surface area (Å²) in [4.78, 5) is 15.8. The van der Waals surface area contributed by atoms with Crippen molar-refractivity contribution < 1.29 is 19.4 Å². The Balaban J connectivity index is 1.40. The minimum absolute atomic E-state index is 0.0833. The van der Waals surface area contributed by atoms with Gasteiger partial charge in [0.15, 0.2) is 0 Å². The number of rotatable bonds is 7. The summed E-state index contributed by atoms with van der Waals surface area (Å²) in [6.07, 6.45) is 0.0833. The van der Waals surface area contributed by atoms with Gasteiger partial charge in [-0.25, -0.2) is 4.98 Å². The van der Waals surface area contributed by atoms with Crippen molar-refractivity contribution >= 4 is 22.7 Å². The highest BCUT2D eigenvalue weighted by Gasteiger charge is 2.26. The molecule has 0 fully saturated rings. The molecule has 0 saturated carbocycles. The van der Waals surface area contributed by atoms with Gasteiger partial charge < -0.3 is 19.9 Å². The lowest BCUT2D eigenvalue weighted by Gasteiger charge is -2.16. The summed E-state index contributed by atoms with van der Waals surface area (Å²) in [5, 5.41) is 12.6. The number of anilines is 1. The molecule has 2 heterocycles. The molecule has 3 aromatic carbocycles. The van der Waals surface area contributed by atoms with Crippen LogP contribution in [0.25, 0.3) is 16.7 Å². The van der Waals surface area contributed by atoms with Crippen LogP contribution in [0.4, 0.5) is 5.69 Å². The maximum absolute atomic E-state index is 11.1. The smallest absolute Gasteiger partial charge is 0.304 e. The number of fused-ring (bicyclic) bond motifs is 2. The molecule has 1 unspecified atom stereocenters. The molecule has 0 saturated heterocycles. The SMILES string of the molecule is COc1ccc2nc(C)n(-c3cccc(CNc4ccc5c(c4)OCC5CC(=O)O)c3C)c2c1. The monoisotopic (exact) mass is 457 g/mol. The fourth-order valence-corrected chi connectivity index (χ4v) is 4.67. The first-order chi connectivity index (χ1) is 16.4. The summed E-state index contributed by atoms with van der Waals surface area (Å²) in [6, 6.07) is 18.1. The first-order valence-electron chi connectivity index (χ1n) is 11.3. The van der Waals surface area contributed by atoms with Crippen LogP contribution in [-0.4, -0.2) is 34.3 Å². The molecule has 7 nitrogen and oxygen atoms in total. The molecule has 2 N–H and O–H groups in total. The van der Waals surface area contributed by atoms with Crippen LogP contribution in [0, 0.1) is 13.8 Å². The van der Waals surface area contributed by atoms with Crippen LogP contribution >= 0.6 is 0 Å². The highest BCUT2D eigenvalue weighted by Crippen LogP contribution is 2.38.